The summed E-state index contributed by atoms with van der Waals surface area (Å²) in [6.45, 7) is 6.78. The first-order chi connectivity index (χ1) is 16.1. The van der Waals surface area contributed by atoms with Crippen LogP contribution in [-0.2, 0) is 6.42 Å². The predicted molar refractivity (Wildman–Crippen MR) is 132 cm³/mol. The fourth-order valence-electron chi connectivity index (χ4n) is 4.66. The third-order valence-corrected chi connectivity index (χ3v) is 6.68. The van der Waals surface area contributed by atoms with Crippen LogP contribution in [0.25, 0.3) is 44.0 Å². The molecule has 0 saturated carbocycles. The molecule has 0 spiro atoms. The second-order valence-electron chi connectivity index (χ2n) is 9.93. The van der Waals surface area contributed by atoms with Crippen molar-refractivity contribution in [1.29, 1.82) is 0 Å². The SMILES string of the molecule is CC(C)c1cc(-c2nccc3c2oc2c(CC(C)(C)C(F)(F)F)cccc23)cc2ccccc12. The van der Waals surface area contributed by atoms with Gasteiger partial charge in [-0.2, -0.15) is 13.2 Å². The van der Waals surface area contributed by atoms with E-state index in [9.17, 15) is 13.2 Å². The molecule has 0 bridgehead atoms. The molecule has 34 heavy (non-hydrogen) atoms. The van der Waals surface area contributed by atoms with Gasteiger partial charge in [-0.15, -0.1) is 0 Å². The Morgan fingerprint density at radius 2 is 1.56 bits per heavy atom. The molecule has 5 aromatic rings. The number of aromatic nitrogens is 1. The molecule has 3 aromatic carbocycles. The van der Waals surface area contributed by atoms with Gasteiger partial charge in [-0.1, -0.05) is 70.2 Å². The Morgan fingerprint density at radius 1 is 0.853 bits per heavy atom. The van der Waals surface area contributed by atoms with Crippen LogP contribution in [0, 0.1) is 5.41 Å². The van der Waals surface area contributed by atoms with E-state index >= 15 is 0 Å². The zero-order chi connectivity index (χ0) is 24.3. The standard InChI is InChI=1S/C29H26F3NO/c1-17(2)24-15-20(14-18-8-5-6-10-21(18)24)25-27-23(12-13-33-25)22-11-7-9-19(26(22)34-27)16-28(3,4)29(30,31)32/h5-15,17H,16H2,1-4H3. The first-order valence-corrected chi connectivity index (χ1v) is 11.5. The van der Waals surface area contributed by atoms with Crippen LogP contribution < -0.4 is 0 Å². The average molecular weight is 462 g/mol. The molecule has 0 fully saturated rings. The molecule has 174 valence electrons. The number of rotatable bonds is 4. The Kier molecular flexibility index (Phi) is 5.19. The largest absolute Gasteiger partial charge is 0.453 e. The van der Waals surface area contributed by atoms with Crippen molar-refractivity contribution in [2.45, 2.75) is 46.2 Å². The molecule has 5 heteroatoms. The number of fused-ring (bicyclic) bond motifs is 4. The molecule has 0 atom stereocenters. The molecular formula is C29H26F3NO. The number of benzene rings is 3. The van der Waals surface area contributed by atoms with Gasteiger partial charge in [0.2, 0.25) is 0 Å². The monoisotopic (exact) mass is 461 g/mol. The molecule has 0 aliphatic rings. The molecule has 0 aliphatic carbocycles. The highest BCUT2D eigenvalue weighted by atomic mass is 19.4. The predicted octanol–water partition coefficient (Wildman–Crippen LogP) is 9.06. The number of hydrogen-bond acceptors (Lipinski definition) is 2. The number of pyridine rings is 1. The summed E-state index contributed by atoms with van der Waals surface area (Å²) in [7, 11) is 0. The lowest BCUT2D eigenvalue weighted by Crippen LogP contribution is -2.34. The third kappa shape index (κ3) is 3.64. The topological polar surface area (TPSA) is 26.0 Å². The molecule has 0 unspecified atom stereocenters. The summed E-state index contributed by atoms with van der Waals surface area (Å²) in [6, 6.07) is 19.8. The molecule has 2 aromatic heterocycles. The van der Waals surface area contributed by atoms with Gasteiger partial charge in [0.1, 0.15) is 11.3 Å². The van der Waals surface area contributed by atoms with E-state index in [2.05, 4.69) is 43.1 Å². The number of alkyl halides is 3. The first kappa shape index (κ1) is 22.5. The van der Waals surface area contributed by atoms with Crippen molar-refractivity contribution in [3.63, 3.8) is 0 Å². The molecule has 0 radical (unpaired) electrons. The van der Waals surface area contributed by atoms with Crippen molar-refractivity contribution in [3.05, 3.63) is 78.0 Å². The Hall–Kier alpha value is -3.34. The van der Waals surface area contributed by atoms with Crippen LogP contribution in [0.4, 0.5) is 13.2 Å². The van der Waals surface area contributed by atoms with Crippen molar-refractivity contribution in [2.75, 3.05) is 0 Å². The second-order valence-corrected chi connectivity index (χ2v) is 9.93. The maximum atomic E-state index is 13.6. The van der Waals surface area contributed by atoms with Gasteiger partial charge < -0.3 is 4.42 Å². The molecule has 0 saturated heterocycles. The minimum atomic E-state index is -4.31. The van der Waals surface area contributed by atoms with E-state index in [-0.39, 0.29) is 6.42 Å². The van der Waals surface area contributed by atoms with E-state index in [1.165, 1.54) is 24.8 Å². The van der Waals surface area contributed by atoms with Gasteiger partial charge in [-0.3, -0.25) is 4.98 Å². The number of nitrogens with zero attached hydrogens (tertiary/aromatic N) is 1. The normalized spacial score (nSPS) is 12.9. The fourth-order valence-corrected chi connectivity index (χ4v) is 4.66. The zero-order valence-electron chi connectivity index (χ0n) is 19.6. The second kappa shape index (κ2) is 7.86. The highest BCUT2D eigenvalue weighted by Crippen LogP contribution is 2.43. The van der Waals surface area contributed by atoms with E-state index < -0.39 is 11.6 Å². The summed E-state index contributed by atoms with van der Waals surface area (Å²) >= 11 is 0. The number of furan rings is 1. The van der Waals surface area contributed by atoms with Gasteiger partial charge in [0.25, 0.3) is 0 Å². The lowest BCUT2D eigenvalue weighted by Gasteiger charge is -2.27. The summed E-state index contributed by atoms with van der Waals surface area (Å²) in [4.78, 5) is 4.65. The maximum absolute atomic E-state index is 13.6. The third-order valence-electron chi connectivity index (χ3n) is 6.68. The van der Waals surface area contributed by atoms with Crippen LogP contribution in [0.5, 0.6) is 0 Å². The summed E-state index contributed by atoms with van der Waals surface area (Å²) < 4.78 is 47.1. The molecule has 0 aliphatic heterocycles. The quantitative estimate of drug-likeness (QED) is 0.267. The highest BCUT2D eigenvalue weighted by molar-refractivity contribution is 6.10. The van der Waals surface area contributed by atoms with Gasteiger partial charge >= 0.3 is 6.18 Å². The Balaban J connectivity index is 1.74. The minimum Gasteiger partial charge on any atom is -0.453 e. The Labute approximate surface area is 196 Å². The van der Waals surface area contributed by atoms with E-state index in [1.807, 2.05) is 24.3 Å². The van der Waals surface area contributed by atoms with E-state index in [1.54, 1.807) is 18.3 Å². The van der Waals surface area contributed by atoms with Gasteiger partial charge in [-0.25, -0.2) is 0 Å². The summed E-state index contributed by atoms with van der Waals surface area (Å²) in [6.07, 6.45) is -2.74. The Bertz CT molecular complexity index is 1530. The maximum Gasteiger partial charge on any atom is 0.394 e. The molecular weight excluding hydrogens is 435 g/mol. The van der Waals surface area contributed by atoms with Crippen LogP contribution >= 0.6 is 0 Å². The number of para-hydroxylation sites is 1. The van der Waals surface area contributed by atoms with Gasteiger partial charge in [0.15, 0.2) is 5.58 Å². The molecule has 0 N–H and O–H groups in total. The van der Waals surface area contributed by atoms with Gasteiger partial charge in [0, 0.05) is 22.5 Å². The first-order valence-electron chi connectivity index (χ1n) is 11.5. The highest BCUT2D eigenvalue weighted by Gasteiger charge is 2.47. The number of halogens is 3. The smallest absolute Gasteiger partial charge is 0.394 e. The van der Waals surface area contributed by atoms with Crippen molar-refractivity contribution >= 4 is 32.7 Å². The minimum absolute atomic E-state index is 0.163. The van der Waals surface area contributed by atoms with E-state index in [4.69, 9.17) is 4.42 Å². The van der Waals surface area contributed by atoms with Crippen LogP contribution in [0.2, 0.25) is 0 Å². The van der Waals surface area contributed by atoms with E-state index in [0.29, 0.717) is 28.3 Å². The van der Waals surface area contributed by atoms with Crippen molar-refractivity contribution in [2.24, 2.45) is 5.41 Å². The van der Waals surface area contributed by atoms with Crippen molar-refractivity contribution in [3.8, 4) is 11.3 Å². The lowest BCUT2D eigenvalue weighted by atomic mass is 9.84. The summed E-state index contributed by atoms with van der Waals surface area (Å²) in [5, 5.41) is 3.98. The molecule has 2 heterocycles. The van der Waals surface area contributed by atoms with Gasteiger partial charge in [0.05, 0.1) is 5.41 Å². The summed E-state index contributed by atoms with van der Waals surface area (Å²) in [5.74, 6) is 0.316. The average Bonchev–Trinajstić information content (AvgIpc) is 3.17. The van der Waals surface area contributed by atoms with Crippen molar-refractivity contribution in [1.82, 2.24) is 4.98 Å². The van der Waals surface area contributed by atoms with Crippen LogP contribution in [-0.4, -0.2) is 11.2 Å². The van der Waals surface area contributed by atoms with Crippen molar-refractivity contribution < 1.29 is 17.6 Å². The number of hydrogen-bond donors (Lipinski definition) is 0. The zero-order valence-corrected chi connectivity index (χ0v) is 19.6. The van der Waals surface area contributed by atoms with E-state index in [0.717, 1.165) is 21.7 Å². The van der Waals surface area contributed by atoms with Crippen LogP contribution in [0.15, 0.2) is 71.3 Å². The fraction of sp³-hybridized carbons (Fsp3) is 0.276. The molecule has 0 amide bonds. The summed E-state index contributed by atoms with van der Waals surface area (Å²) in [5.41, 5.74) is 2.62. The Morgan fingerprint density at radius 3 is 2.29 bits per heavy atom. The molecule has 2 nitrogen and oxygen atoms in total. The van der Waals surface area contributed by atoms with Crippen LogP contribution in [0.1, 0.15) is 44.7 Å². The van der Waals surface area contributed by atoms with Gasteiger partial charge in [-0.05, 0) is 52.4 Å². The van der Waals surface area contributed by atoms with Crippen LogP contribution in [0.3, 0.4) is 0 Å². The lowest BCUT2D eigenvalue weighted by molar-refractivity contribution is -0.210. The molecule has 5 rings (SSSR count).